The van der Waals surface area contributed by atoms with E-state index in [1.54, 1.807) is 0 Å². The summed E-state index contributed by atoms with van der Waals surface area (Å²) < 4.78 is 0. The third-order valence-electron chi connectivity index (χ3n) is 5.00. The van der Waals surface area contributed by atoms with Crippen LogP contribution in [0.15, 0.2) is 30.5 Å². The molecule has 1 fully saturated rings. The molecule has 2 aromatic rings. The molecular formula is C19H28N4. The lowest BCUT2D eigenvalue weighted by molar-refractivity contribution is 0.152. The zero-order valence-electron chi connectivity index (χ0n) is 14.3. The van der Waals surface area contributed by atoms with E-state index in [-0.39, 0.29) is 0 Å². The van der Waals surface area contributed by atoms with Gasteiger partial charge in [-0.15, -0.1) is 0 Å². The molecule has 4 nitrogen and oxygen atoms in total. The molecule has 0 unspecified atom stereocenters. The number of nitrogens with zero attached hydrogens (tertiary/aromatic N) is 2. The molecule has 1 aromatic heterocycles. The number of piperidine rings is 1. The molecule has 124 valence electrons. The lowest BCUT2D eigenvalue weighted by Gasteiger charge is -2.33. The maximum Gasteiger partial charge on any atom is 0.0535 e. The van der Waals surface area contributed by atoms with E-state index < -0.39 is 0 Å². The molecule has 1 aromatic carbocycles. The fraction of sp³-hybridized carbons (Fsp3) is 0.526. The molecule has 4 heteroatoms. The molecule has 0 spiro atoms. The fourth-order valence-corrected chi connectivity index (χ4v) is 3.38. The van der Waals surface area contributed by atoms with Gasteiger partial charge in [-0.3, -0.25) is 10.00 Å². The highest BCUT2D eigenvalue weighted by Gasteiger charge is 2.18. The highest BCUT2D eigenvalue weighted by Crippen LogP contribution is 2.20. The standard InChI is InChI=1S/C19H28N4/c1-15-7-5-6-10-23(15)14-18-9-4-3-8-17(18)11-20-12-19-13-21-22-16(19)2/h3-4,8-9,13,15,20H,5-7,10-12,14H2,1-2H3,(H,21,22)/t15-/m0/s1. The average molecular weight is 312 g/mol. The molecule has 2 N–H and O–H groups in total. The maximum absolute atomic E-state index is 4.08. The highest BCUT2D eigenvalue weighted by molar-refractivity contribution is 5.27. The van der Waals surface area contributed by atoms with Crippen LogP contribution in [0.4, 0.5) is 0 Å². The summed E-state index contributed by atoms with van der Waals surface area (Å²) in [7, 11) is 0. The summed E-state index contributed by atoms with van der Waals surface area (Å²) in [6.45, 7) is 8.50. The Labute approximate surface area is 139 Å². The molecule has 23 heavy (non-hydrogen) atoms. The second-order valence-electron chi connectivity index (χ2n) is 6.71. The van der Waals surface area contributed by atoms with Gasteiger partial charge in [0.05, 0.1) is 6.20 Å². The van der Waals surface area contributed by atoms with Crippen molar-refractivity contribution in [2.75, 3.05) is 6.54 Å². The zero-order chi connectivity index (χ0) is 16.1. The molecule has 1 aliphatic rings. The normalized spacial score (nSPS) is 19.1. The van der Waals surface area contributed by atoms with Crippen LogP contribution in [0.2, 0.25) is 0 Å². The number of nitrogens with one attached hydrogen (secondary N) is 2. The van der Waals surface area contributed by atoms with Gasteiger partial charge in [0.1, 0.15) is 0 Å². The number of benzene rings is 1. The van der Waals surface area contributed by atoms with Crippen LogP contribution in [0, 0.1) is 6.92 Å². The third-order valence-corrected chi connectivity index (χ3v) is 5.00. The lowest BCUT2D eigenvalue weighted by Crippen LogP contribution is -2.37. The molecule has 3 rings (SSSR count). The first-order chi connectivity index (χ1) is 11.2. The summed E-state index contributed by atoms with van der Waals surface area (Å²) in [4.78, 5) is 2.63. The largest absolute Gasteiger partial charge is 0.308 e. The van der Waals surface area contributed by atoms with Crippen LogP contribution in [0.25, 0.3) is 0 Å². The van der Waals surface area contributed by atoms with Crippen LogP contribution in [-0.2, 0) is 19.6 Å². The number of aromatic amines is 1. The van der Waals surface area contributed by atoms with Crippen LogP contribution in [-0.4, -0.2) is 27.7 Å². The topological polar surface area (TPSA) is 44.0 Å². The van der Waals surface area contributed by atoms with E-state index >= 15 is 0 Å². The van der Waals surface area contributed by atoms with Crippen LogP contribution >= 0.6 is 0 Å². The Bertz CT molecular complexity index is 619. The monoisotopic (exact) mass is 312 g/mol. The highest BCUT2D eigenvalue weighted by atomic mass is 15.2. The van der Waals surface area contributed by atoms with Gasteiger partial charge in [-0.05, 0) is 44.4 Å². The summed E-state index contributed by atoms with van der Waals surface area (Å²) in [5.41, 5.74) is 5.25. The minimum absolute atomic E-state index is 0.707. The van der Waals surface area contributed by atoms with Crippen LogP contribution in [0.5, 0.6) is 0 Å². The lowest BCUT2D eigenvalue weighted by atomic mass is 10.0. The van der Waals surface area contributed by atoms with Crippen molar-refractivity contribution in [1.29, 1.82) is 0 Å². The molecular weight excluding hydrogens is 284 g/mol. The molecule has 0 bridgehead atoms. The van der Waals surface area contributed by atoms with Gasteiger partial charge >= 0.3 is 0 Å². The van der Waals surface area contributed by atoms with E-state index in [9.17, 15) is 0 Å². The summed E-state index contributed by atoms with van der Waals surface area (Å²) in [6, 6.07) is 9.54. The van der Waals surface area contributed by atoms with Gasteiger partial charge in [-0.1, -0.05) is 30.7 Å². The predicted octanol–water partition coefficient (Wildman–Crippen LogP) is 3.38. The first kappa shape index (κ1) is 16.2. The number of rotatable bonds is 6. The number of hydrogen-bond donors (Lipinski definition) is 2. The average Bonchev–Trinajstić information content (AvgIpc) is 2.96. The minimum Gasteiger partial charge on any atom is -0.308 e. The van der Waals surface area contributed by atoms with Crippen LogP contribution in [0.3, 0.4) is 0 Å². The number of aryl methyl sites for hydroxylation is 1. The summed E-state index contributed by atoms with van der Waals surface area (Å²) in [6.07, 6.45) is 5.96. The van der Waals surface area contributed by atoms with Gasteiger partial charge in [0, 0.05) is 36.9 Å². The van der Waals surface area contributed by atoms with Crippen LogP contribution < -0.4 is 5.32 Å². The van der Waals surface area contributed by atoms with Gasteiger partial charge in [0.15, 0.2) is 0 Å². The number of H-pyrrole nitrogens is 1. The van der Waals surface area contributed by atoms with E-state index in [1.807, 2.05) is 6.20 Å². The first-order valence-electron chi connectivity index (χ1n) is 8.74. The van der Waals surface area contributed by atoms with Crippen molar-refractivity contribution in [3.05, 3.63) is 52.8 Å². The van der Waals surface area contributed by atoms with E-state index in [0.717, 1.165) is 25.3 Å². The smallest absolute Gasteiger partial charge is 0.0535 e. The van der Waals surface area contributed by atoms with Crippen molar-refractivity contribution in [2.45, 2.75) is 58.8 Å². The van der Waals surface area contributed by atoms with Gasteiger partial charge < -0.3 is 5.32 Å². The van der Waals surface area contributed by atoms with Gasteiger partial charge in [0.2, 0.25) is 0 Å². The Balaban J connectivity index is 1.60. The molecule has 2 heterocycles. The molecule has 1 aliphatic heterocycles. The molecule has 1 saturated heterocycles. The first-order valence-corrected chi connectivity index (χ1v) is 8.74. The van der Waals surface area contributed by atoms with Crippen molar-refractivity contribution in [3.63, 3.8) is 0 Å². The SMILES string of the molecule is Cc1[nH]ncc1CNCc1ccccc1CN1CCCC[C@@H]1C. The van der Waals surface area contributed by atoms with Crippen molar-refractivity contribution in [1.82, 2.24) is 20.4 Å². The Morgan fingerprint density at radius 1 is 1.17 bits per heavy atom. The Kier molecular flexibility index (Phi) is 5.47. The maximum atomic E-state index is 4.08. The van der Waals surface area contributed by atoms with Crippen LogP contribution in [0.1, 0.15) is 48.6 Å². The fourth-order valence-electron chi connectivity index (χ4n) is 3.38. The third kappa shape index (κ3) is 4.21. The number of aromatic nitrogens is 2. The number of likely N-dealkylation sites (tertiary alicyclic amines) is 1. The van der Waals surface area contributed by atoms with Crippen molar-refractivity contribution in [2.24, 2.45) is 0 Å². The summed E-state index contributed by atoms with van der Waals surface area (Å²) in [5.74, 6) is 0. The zero-order valence-corrected chi connectivity index (χ0v) is 14.3. The Hall–Kier alpha value is -1.65. The van der Waals surface area contributed by atoms with Crippen molar-refractivity contribution in [3.8, 4) is 0 Å². The Morgan fingerprint density at radius 3 is 2.70 bits per heavy atom. The van der Waals surface area contributed by atoms with E-state index in [4.69, 9.17) is 0 Å². The second kappa shape index (κ2) is 7.75. The van der Waals surface area contributed by atoms with Crippen molar-refractivity contribution < 1.29 is 0 Å². The Morgan fingerprint density at radius 2 is 1.96 bits per heavy atom. The predicted molar refractivity (Wildman–Crippen MR) is 94.0 cm³/mol. The van der Waals surface area contributed by atoms with E-state index in [2.05, 4.69) is 58.5 Å². The van der Waals surface area contributed by atoms with Gasteiger partial charge in [-0.2, -0.15) is 5.10 Å². The molecule has 0 aliphatic carbocycles. The summed E-state index contributed by atoms with van der Waals surface area (Å²) >= 11 is 0. The van der Waals surface area contributed by atoms with E-state index in [0.29, 0.717) is 6.04 Å². The minimum atomic E-state index is 0.707. The van der Waals surface area contributed by atoms with E-state index in [1.165, 1.54) is 42.5 Å². The molecule has 0 saturated carbocycles. The molecule has 0 radical (unpaired) electrons. The van der Waals surface area contributed by atoms with Crippen molar-refractivity contribution >= 4 is 0 Å². The molecule has 0 amide bonds. The summed E-state index contributed by atoms with van der Waals surface area (Å²) in [5, 5.41) is 10.6. The molecule has 1 atom stereocenters. The second-order valence-corrected chi connectivity index (χ2v) is 6.71. The van der Waals surface area contributed by atoms with Gasteiger partial charge in [0.25, 0.3) is 0 Å². The van der Waals surface area contributed by atoms with Gasteiger partial charge in [-0.25, -0.2) is 0 Å². The quantitative estimate of drug-likeness (QED) is 0.859. The number of hydrogen-bond acceptors (Lipinski definition) is 3.